The number of rotatable bonds is 14. The highest BCUT2D eigenvalue weighted by molar-refractivity contribution is 6.21. The Bertz CT molecular complexity index is 2180. The summed E-state index contributed by atoms with van der Waals surface area (Å²) in [6.45, 7) is 21.1. The van der Waals surface area contributed by atoms with Gasteiger partial charge in [-0.3, -0.25) is 4.79 Å². The third-order valence-electron chi connectivity index (χ3n) is 12.1. The van der Waals surface area contributed by atoms with Crippen LogP contribution in [-0.2, 0) is 9.53 Å². The summed E-state index contributed by atoms with van der Waals surface area (Å²) in [4.78, 5) is 28.6. The molecule has 1 saturated heterocycles. The molecule has 3 unspecified atom stereocenters. The van der Waals surface area contributed by atoms with Gasteiger partial charge < -0.3 is 20.3 Å². The van der Waals surface area contributed by atoms with Gasteiger partial charge in [-0.2, -0.15) is 0 Å². The number of esters is 1. The van der Waals surface area contributed by atoms with E-state index in [-0.39, 0.29) is 30.8 Å². The van der Waals surface area contributed by atoms with Crippen molar-refractivity contribution in [2.24, 2.45) is 26.8 Å². The summed E-state index contributed by atoms with van der Waals surface area (Å²) in [5, 5.41) is 26.2. The predicted molar refractivity (Wildman–Crippen MR) is 234 cm³/mol. The van der Waals surface area contributed by atoms with Crippen LogP contribution in [0.5, 0.6) is 0 Å². The van der Waals surface area contributed by atoms with Crippen molar-refractivity contribution in [3.05, 3.63) is 126 Å². The molecule has 6 aliphatic rings. The first-order valence-electron chi connectivity index (χ1n) is 20.9. The SMILES string of the molecule is CCCC1=C(C)C2=NC1=CC1=C(C)C3=C(O)CC(=C4NC(=CC5=NC(=C2)C(C(C)O)=C5C)C(C)C4CCC(=O)OCC=C(C)CCC=C(C)CCC=C(C)C)C3=N1. The van der Waals surface area contributed by atoms with Gasteiger partial charge in [-0.25, -0.2) is 15.0 Å². The van der Waals surface area contributed by atoms with Crippen molar-refractivity contribution in [1.29, 1.82) is 0 Å². The van der Waals surface area contributed by atoms with Gasteiger partial charge >= 0.3 is 5.97 Å². The van der Waals surface area contributed by atoms with Gasteiger partial charge in [-0.15, -0.1) is 0 Å². The topological polar surface area (TPSA) is 116 Å². The normalized spacial score (nSPS) is 22.5. The molecule has 0 amide bonds. The zero-order chi connectivity index (χ0) is 41.1. The maximum absolute atomic E-state index is 13.2. The molecule has 0 saturated carbocycles. The maximum Gasteiger partial charge on any atom is 0.306 e. The highest BCUT2D eigenvalue weighted by atomic mass is 16.5. The zero-order valence-electron chi connectivity index (χ0n) is 35.8. The molecule has 3 atom stereocenters. The molecule has 0 aromatic rings. The number of carbonyl (C=O) groups is 1. The molecule has 302 valence electrons. The summed E-state index contributed by atoms with van der Waals surface area (Å²) in [6.07, 6.45) is 19.2. The number of nitrogens with one attached hydrogen (secondary N) is 1. The van der Waals surface area contributed by atoms with Crippen LogP contribution in [0.4, 0.5) is 0 Å². The summed E-state index contributed by atoms with van der Waals surface area (Å²) in [5.74, 6) is 0.0594. The van der Waals surface area contributed by atoms with Gasteiger partial charge in [0.1, 0.15) is 12.4 Å². The van der Waals surface area contributed by atoms with Gasteiger partial charge in [-0.05, 0) is 141 Å². The minimum Gasteiger partial charge on any atom is -0.511 e. The average molecular weight is 771 g/mol. The van der Waals surface area contributed by atoms with Crippen LogP contribution in [0.15, 0.2) is 141 Å². The van der Waals surface area contributed by atoms with E-state index < -0.39 is 6.10 Å². The van der Waals surface area contributed by atoms with E-state index in [0.29, 0.717) is 18.6 Å². The number of nitrogens with zero attached hydrogens (tertiary/aromatic N) is 3. The van der Waals surface area contributed by atoms with E-state index >= 15 is 0 Å². The van der Waals surface area contributed by atoms with Crippen LogP contribution >= 0.6 is 0 Å². The summed E-state index contributed by atoms with van der Waals surface area (Å²) in [7, 11) is 0. The summed E-state index contributed by atoms with van der Waals surface area (Å²) >= 11 is 0. The van der Waals surface area contributed by atoms with Crippen molar-refractivity contribution in [3.63, 3.8) is 0 Å². The van der Waals surface area contributed by atoms with Crippen LogP contribution in [0, 0.1) is 11.8 Å². The molecule has 6 rings (SSSR count). The fourth-order valence-corrected chi connectivity index (χ4v) is 8.73. The highest BCUT2D eigenvalue weighted by Gasteiger charge is 2.41. The molecule has 57 heavy (non-hydrogen) atoms. The van der Waals surface area contributed by atoms with Crippen molar-refractivity contribution in [2.75, 3.05) is 6.61 Å². The molecule has 5 heterocycles. The van der Waals surface area contributed by atoms with Crippen LogP contribution in [0.1, 0.15) is 127 Å². The maximum atomic E-state index is 13.2. The number of allylic oxidation sites excluding steroid dienone is 16. The van der Waals surface area contributed by atoms with Gasteiger partial charge in [0.15, 0.2) is 0 Å². The lowest BCUT2D eigenvalue weighted by atomic mass is 9.86. The second-order valence-corrected chi connectivity index (χ2v) is 16.8. The van der Waals surface area contributed by atoms with Crippen LogP contribution in [-0.4, -0.2) is 46.0 Å². The van der Waals surface area contributed by atoms with Crippen molar-refractivity contribution in [3.8, 4) is 0 Å². The van der Waals surface area contributed by atoms with E-state index in [1.54, 1.807) is 6.92 Å². The molecular formula is C49H62N4O4. The lowest BCUT2D eigenvalue weighted by Gasteiger charge is -2.17. The van der Waals surface area contributed by atoms with Crippen molar-refractivity contribution in [2.45, 2.75) is 133 Å². The first-order chi connectivity index (χ1) is 27.2. The molecule has 1 aliphatic carbocycles. The number of hydrogen-bond donors (Lipinski definition) is 3. The highest BCUT2D eigenvalue weighted by Crippen LogP contribution is 2.46. The van der Waals surface area contributed by atoms with Crippen molar-refractivity contribution in [1.82, 2.24) is 5.32 Å². The second kappa shape index (κ2) is 17.8. The van der Waals surface area contributed by atoms with Crippen molar-refractivity contribution >= 4 is 23.1 Å². The fourth-order valence-electron chi connectivity index (χ4n) is 8.73. The quantitative estimate of drug-likeness (QED) is 0.120. The largest absolute Gasteiger partial charge is 0.511 e. The molecule has 3 N–H and O–H groups in total. The lowest BCUT2D eigenvalue weighted by Crippen LogP contribution is -2.16. The van der Waals surface area contributed by atoms with Gasteiger partial charge in [0, 0.05) is 52.8 Å². The Morgan fingerprint density at radius 1 is 0.912 bits per heavy atom. The van der Waals surface area contributed by atoms with Crippen LogP contribution in [0.2, 0.25) is 0 Å². The molecule has 5 aliphatic heterocycles. The van der Waals surface area contributed by atoms with Gasteiger partial charge in [-0.1, -0.05) is 49.1 Å². The van der Waals surface area contributed by atoms with Gasteiger partial charge in [0.05, 0.1) is 40.3 Å². The Labute approximate surface area is 340 Å². The second-order valence-electron chi connectivity index (χ2n) is 16.8. The van der Waals surface area contributed by atoms with E-state index in [9.17, 15) is 15.0 Å². The number of fused-ring (bicyclic) bond motifs is 5. The molecule has 0 spiro atoms. The molecule has 8 bridgehead atoms. The van der Waals surface area contributed by atoms with E-state index in [4.69, 9.17) is 19.7 Å². The first kappa shape index (κ1) is 41.8. The van der Waals surface area contributed by atoms with E-state index in [1.165, 1.54) is 22.3 Å². The summed E-state index contributed by atoms with van der Waals surface area (Å²) in [5.41, 5.74) is 17.4. The third-order valence-corrected chi connectivity index (χ3v) is 12.1. The molecule has 0 aromatic heterocycles. The Morgan fingerprint density at radius 2 is 1.60 bits per heavy atom. The Balaban J connectivity index is 1.27. The van der Waals surface area contributed by atoms with Crippen molar-refractivity contribution < 1.29 is 19.7 Å². The van der Waals surface area contributed by atoms with E-state index in [2.05, 4.69) is 78.1 Å². The Hall–Kier alpha value is -4.82. The average Bonchev–Trinajstić information content (AvgIpc) is 3.90. The first-order valence-corrected chi connectivity index (χ1v) is 20.9. The molecule has 0 radical (unpaired) electrons. The van der Waals surface area contributed by atoms with Gasteiger partial charge in [0.25, 0.3) is 0 Å². The minimum absolute atomic E-state index is 0.0150. The summed E-state index contributed by atoms with van der Waals surface area (Å²) < 4.78 is 5.74. The Morgan fingerprint density at radius 3 is 2.30 bits per heavy atom. The zero-order valence-corrected chi connectivity index (χ0v) is 35.8. The summed E-state index contributed by atoms with van der Waals surface area (Å²) in [6, 6.07) is 0. The van der Waals surface area contributed by atoms with Gasteiger partial charge in [0.2, 0.25) is 0 Å². The van der Waals surface area contributed by atoms with E-state index in [1.807, 2.05) is 26.0 Å². The number of aliphatic imine (C=N–C) groups is 3. The molecule has 1 fully saturated rings. The number of aliphatic hydroxyl groups is 2. The standard InChI is InChI=1S/C49H62N4O4/c1-11-14-35-30(6)38-26-43-46(34(10)54)32(8)40(51-43)24-39-31(7)36(19-20-45(56)57-22-21-29(5)18-13-17-28(4)16-12-15-27(2)3)48(52-39)37-23-44(55)47-33(9)41(53-49(37)47)25-42(35)50-38/h15,17,21,24-26,31,34,36,52,54-55H,11-14,16,18-20,22-23H2,1-10H3. The molecule has 0 aromatic carbocycles. The molecule has 8 nitrogen and oxygen atoms in total. The monoisotopic (exact) mass is 770 g/mol. The fraction of sp³-hybridized carbons (Fsp3) is 0.469. The van der Waals surface area contributed by atoms with E-state index in [0.717, 1.165) is 118 Å². The van der Waals surface area contributed by atoms with Crippen LogP contribution < -0.4 is 5.32 Å². The van der Waals surface area contributed by atoms with Crippen LogP contribution in [0.3, 0.4) is 0 Å². The third kappa shape index (κ3) is 9.02. The molecule has 8 heteroatoms. The number of ether oxygens (including phenoxy) is 1. The number of hydrogen-bond acceptors (Lipinski definition) is 8. The predicted octanol–water partition coefficient (Wildman–Crippen LogP) is 11.2. The molecular weight excluding hydrogens is 709 g/mol. The number of aliphatic hydroxyl groups excluding tert-OH is 2. The minimum atomic E-state index is -0.716. The van der Waals surface area contributed by atoms with Crippen LogP contribution in [0.25, 0.3) is 0 Å². The number of carbonyl (C=O) groups excluding carboxylic acids is 1. The lowest BCUT2D eigenvalue weighted by molar-refractivity contribution is -0.142. The smallest absolute Gasteiger partial charge is 0.306 e. The Kier molecular flexibility index (Phi) is 13.0.